The van der Waals surface area contributed by atoms with Gasteiger partial charge in [0.1, 0.15) is 6.61 Å². The number of hydrogen-bond donors (Lipinski definition) is 1. The summed E-state index contributed by atoms with van der Waals surface area (Å²) in [6, 6.07) is 2.80. The molecular weight excluding hydrogens is 279 g/mol. The van der Waals surface area contributed by atoms with E-state index < -0.39 is 11.6 Å². The van der Waals surface area contributed by atoms with Gasteiger partial charge in [0.25, 0.3) is 0 Å². The average molecular weight is 293 g/mol. The molecule has 0 atom stereocenters. The second kappa shape index (κ2) is 5.78. The Morgan fingerprint density at radius 2 is 1.83 bits per heavy atom. The van der Waals surface area contributed by atoms with Gasteiger partial charge in [-0.2, -0.15) is 0 Å². The summed E-state index contributed by atoms with van der Waals surface area (Å²) in [7, 11) is 1.27. The summed E-state index contributed by atoms with van der Waals surface area (Å²) >= 11 is 11.9. The van der Waals surface area contributed by atoms with Crippen molar-refractivity contribution in [1.82, 2.24) is 0 Å². The molecule has 0 aliphatic heterocycles. The van der Waals surface area contributed by atoms with Gasteiger partial charge in [-0.15, -0.1) is 0 Å². The number of halogens is 2. The van der Waals surface area contributed by atoms with Gasteiger partial charge in [0, 0.05) is 0 Å². The van der Waals surface area contributed by atoms with Crippen LogP contribution in [0.25, 0.3) is 0 Å². The monoisotopic (exact) mass is 292 g/mol. The van der Waals surface area contributed by atoms with Crippen molar-refractivity contribution in [2.24, 2.45) is 0 Å². The van der Waals surface area contributed by atoms with Crippen LogP contribution in [0.3, 0.4) is 0 Å². The molecule has 0 saturated carbocycles. The van der Waals surface area contributed by atoms with Crippen LogP contribution in [0, 0.1) is 0 Å². The zero-order valence-corrected chi connectivity index (χ0v) is 11.8. The molecule has 6 heteroatoms. The van der Waals surface area contributed by atoms with E-state index in [-0.39, 0.29) is 28.0 Å². The van der Waals surface area contributed by atoms with Crippen LogP contribution >= 0.6 is 23.2 Å². The van der Waals surface area contributed by atoms with E-state index in [1.54, 1.807) is 13.8 Å². The molecule has 18 heavy (non-hydrogen) atoms. The van der Waals surface area contributed by atoms with Crippen LogP contribution in [0.4, 0.5) is 0 Å². The maximum atomic E-state index is 11.3. The van der Waals surface area contributed by atoms with Gasteiger partial charge in [-0.3, -0.25) is 0 Å². The molecule has 0 aromatic heterocycles. The highest BCUT2D eigenvalue weighted by Gasteiger charge is 2.18. The first-order valence-corrected chi connectivity index (χ1v) is 5.93. The van der Waals surface area contributed by atoms with Gasteiger partial charge in [-0.05, 0) is 26.0 Å². The van der Waals surface area contributed by atoms with Gasteiger partial charge in [-0.25, -0.2) is 4.79 Å². The first-order valence-electron chi connectivity index (χ1n) is 5.17. The van der Waals surface area contributed by atoms with Crippen molar-refractivity contribution in [3.05, 3.63) is 27.7 Å². The first-order chi connectivity index (χ1) is 8.24. The average Bonchev–Trinajstić information content (AvgIpc) is 2.25. The van der Waals surface area contributed by atoms with E-state index in [0.717, 1.165) is 0 Å². The molecule has 0 fully saturated rings. The van der Waals surface area contributed by atoms with Crippen molar-refractivity contribution in [2.75, 3.05) is 13.7 Å². The lowest BCUT2D eigenvalue weighted by molar-refractivity contribution is 0.0285. The van der Waals surface area contributed by atoms with Crippen molar-refractivity contribution >= 4 is 29.2 Å². The van der Waals surface area contributed by atoms with Crippen LogP contribution in [-0.2, 0) is 4.74 Å². The Bertz CT molecular complexity index is 429. The lowest BCUT2D eigenvalue weighted by atomic mass is 10.1. The summed E-state index contributed by atoms with van der Waals surface area (Å²) in [5.74, 6) is -0.305. The molecule has 0 heterocycles. The van der Waals surface area contributed by atoms with Crippen molar-refractivity contribution in [3.63, 3.8) is 0 Å². The number of aliphatic hydroxyl groups is 1. The minimum Gasteiger partial charge on any atom is -0.487 e. The topological polar surface area (TPSA) is 55.8 Å². The van der Waals surface area contributed by atoms with E-state index >= 15 is 0 Å². The number of hydrogen-bond acceptors (Lipinski definition) is 4. The molecule has 0 amide bonds. The summed E-state index contributed by atoms with van der Waals surface area (Å²) < 4.78 is 9.90. The van der Waals surface area contributed by atoms with E-state index in [4.69, 9.17) is 27.9 Å². The van der Waals surface area contributed by atoms with Gasteiger partial charge in [0.05, 0.1) is 28.3 Å². The van der Waals surface area contributed by atoms with Crippen molar-refractivity contribution in [1.29, 1.82) is 0 Å². The Labute approximate surface area is 115 Å². The third-order valence-corrected chi connectivity index (χ3v) is 2.55. The Balaban J connectivity index is 2.98. The zero-order chi connectivity index (χ0) is 13.9. The quantitative estimate of drug-likeness (QED) is 0.867. The van der Waals surface area contributed by atoms with Crippen molar-refractivity contribution in [3.8, 4) is 5.75 Å². The predicted molar refractivity (Wildman–Crippen MR) is 69.6 cm³/mol. The fraction of sp³-hybridized carbons (Fsp3) is 0.417. The normalized spacial score (nSPS) is 11.2. The fourth-order valence-electron chi connectivity index (χ4n) is 1.18. The van der Waals surface area contributed by atoms with Crippen LogP contribution in [0.1, 0.15) is 24.2 Å². The summed E-state index contributed by atoms with van der Waals surface area (Å²) in [5, 5.41) is 9.93. The molecule has 1 N–H and O–H groups in total. The highest BCUT2D eigenvalue weighted by atomic mass is 35.5. The van der Waals surface area contributed by atoms with Crippen molar-refractivity contribution < 1.29 is 19.4 Å². The molecule has 0 saturated heterocycles. The molecule has 4 nitrogen and oxygen atoms in total. The SMILES string of the molecule is COC(=O)c1cc(Cl)c(OCC(C)(C)O)c(Cl)c1. The van der Waals surface area contributed by atoms with Crippen LogP contribution in [0.5, 0.6) is 5.75 Å². The van der Waals surface area contributed by atoms with E-state index in [2.05, 4.69) is 4.74 Å². The summed E-state index contributed by atoms with van der Waals surface area (Å²) in [5.41, 5.74) is -0.767. The second-order valence-corrected chi connectivity index (χ2v) is 5.18. The van der Waals surface area contributed by atoms with Crippen LogP contribution in [-0.4, -0.2) is 30.4 Å². The van der Waals surface area contributed by atoms with E-state index in [0.29, 0.717) is 0 Å². The minimum absolute atomic E-state index is 0.0318. The lowest BCUT2D eigenvalue weighted by Gasteiger charge is -2.19. The zero-order valence-electron chi connectivity index (χ0n) is 10.3. The molecule has 1 rings (SSSR count). The molecule has 0 bridgehead atoms. The Kier molecular flexibility index (Phi) is 4.85. The third kappa shape index (κ3) is 4.05. The number of methoxy groups -OCH3 is 1. The highest BCUT2D eigenvalue weighted by molar-refractivity contribution is 6.37. The Hall–Kier alpha value is -0.970. The summed E-state index contributed by atoms with van der Waals surface area (Å²) in [6.45, 7) is 3.22. The third-order valence-electron chi connectivity index (χ3n) is 1.99. The molecule has 0 aliphatic rings. The standard InChI is InChI=1S/C12H14Cl2O4/c1-12(2,16)6-18-10-8(13)4-7(5-9(10)14)11(15)17-3/h4-5,16H,6H2,1-3H3. The molecular formula is C12H14Cl2O4. The fourth-order valence-corrected chi connectivity index (χ4v) is 1.78. The van der Waals surface area contributed by atoms with E-state index in [1.807, 2.05) is 0 Å². The molecule has 0 radical (unpaired) electrons. The Morgan fingerprint density at radius 3 is 2.22 bits per heavy atom. The number of esters is 1. The number of ether oxygens (including phenoxy) is 2. The maximum Gasteiger partial charge on any atom is 0.337 e. The molecule has 1 aromatic carbocycles. The summed E-state index contributed by atoms with van der Waals surface area (Å²) in [4.78, 5) is 11.3. The number of benzene rings is 1. The molecule has 0 spiro atoms. The van der Waals surface area contributed by atoms with Crippen LogP contribution in [0.15, 0.2) is 12.1 Å². The largest absolute Gasteiger partial charge is 0.487 e. The van der Waals surface area contributed by atoms with Gasteiger partial charge in [0.2, 0.25) is 0 Å². The molecule has 0 aliphatic carbocycles. The van der Waals surface area contributed by atoms with Crippen LogP contribution < -0.4 is 4.74 Å². The summed E-state index contributed by atoms with van der Waals surface area (Å²) in [6.07, 6.45) is 0. The van der Waals surface area contributed by atoms with Gasteiger partial charge < -0.3 is 14.6 Å². The maximum absolute atomic E-state index is 11.3. The predicted octanol–water partition coefficient (Wildman–Crippen LogP) is 2.93. The Morgan fingerprint density at radius 1 is 1.33 bits per heavy atom. The van der Waals surface area contributed by atoms with Crippen LogP contribution in [0.2, 0.25) is 10.0 Å². The van der Waals surface area contributed by atoms with E-state index in [9.17, 15) is 9.90 Å². The highest BCUT2D eigenvalue weighted by Crippen LogP contribution is 2.34. The van der Waals surface area contributed by atoms with Crippen molar-refractivity contribution in [2.45, 2.75) is 19.4 Å². The number of carbonyl (C=O) groups is 1. The molecule has 0 unspecified atom stereocenters. The van der Waals surface area contributed by atoms with Gasteiger partial charge in [-0.1, -0.05) is 23.2 Å². The molecule has 100 valence electrons. The molecule has 1 aromatic rings. The van der Waals surface area contributed by atoms with Gasteiger partial charge >= 0.3 is 5.97 Å². The van der Waals surface area contributed by atoms with Gasteiger partial charge in [0.15, 0.2) is 5.75 Å². The first kappa shape index (κ1) is 15.1. The number of rotatable bonds is 4. The lowest BCUT2D eigenvalue weighted by Crippen LogP contribution is -2.28. The smallest absolute Gasteiger partial charge is 0.337 e. The second-order valence-electron chi connectivity index (χ2n) is 4.36. The minimum atomic E-state index is -1.01. The number of carbonyl (C=O) groups excluding carboxylic acids is 1. The van der Waals surface area contributed by atoms with E-state index in [1.165, 1.54) is 19.2 Å².